The normalized spacial score (nSPS) is 18.7. The highest BCUT2D eigenvalue weighted by molar-refractivity contribution is 9.10. The SMILES string of the molecule is CC(C)(C)OC(=O)NCC(=Cc1c(F)cc(F)cc1Br)B1OC(C)(C)C(C)(C)O1. The maximum atomic E-state index is 14.4. The van der Waals surface area contributed by atoms with E-state index in [0.29, 0.717) is 5.47 Å². The molecule has 1 heterocycles. The van der Waals surface area contributed by atoms with Crippen LogP contribution < -0.4 is 5.32 Å². The number of hydrogen-bond acceptors (Lipinski definition) is 4. The van der Waals surface area contributed by atoms with Gasteiger partial charge in [0, 0.05) is 22.6 Å². The van der Waals surface area contributed by atoms with Crippen LogP contribution in [0, 0.1) is 11.6 Å². The van der Waals surface area contributed by atoms with E-state index in [1.165, 1.54) is 6.08 Å². The van der Waals surface area contributed by atoms with E-state index in [1.807, 2.05) is 27.7 Å². The first-order valence-corrected chi connectivity index (χ1v) is 10.1. The van der Waals surface area contributed by atoms with Gasteiger partial charge in [-0.15, -0.1) is 0 Å². The molecule has 0 spiro atoms. The van der Waals surface area contributed by atoms with Crippen molar-refractivity contribution in [2.45, 2.75) is 65.3 Å². The van der Waals surface area contributed by atoms with Crippen LogP contribution in [0.5, 0.6) is 0 Å². The molecule has 1 aliphatic heterocycles. The van der Waals surface area contributed by atoms with Crippen LogP contribution in [0.1, 0.15) is 54.0 Å². The molecule has 1 aromatic carbocycles. The van der Waals surface area contributed by atoms with E-state index in [9.17, 15) is 13.6 Å². The van der Waals surface area contributed by atoms with Crippen LogP contribution in [-0.2, 0) is 14.0 Å². The molecule has 0 saturated carbocycles. The lowest BCUT2D eigenvalue weighted by Gasteiger charge is -2.32. The molecule has 0 bridgehead atoms. The topological polar surface area (TPSA) is 56.8 Å². The summed E-state index contributed by atoms with van der Waals surface area (Å²) in [6, 6.07) is 1.96. The molecule has 1 fully saturated rings. The number of carbonyl (C=O) groups is 1. The van der Waals surface area contributed by atoms with Crippen LogP contribution in [0.4, 0.5) is 13.6 Å². The van der Waals surface area contributed by atoms with E-state index in [-0.39, 0.29) is 16.6 Å². The van der Waals surface area contributed by atoms with Gasteiger partial charge in [-0.2, -0.15) is 0 Å². The molecular formula is C20H27BBrF2NO4. The first kappa shape index (κ1) is 23.8. The summed E-state index contributed by atoms with van der Waals surface area (Å²) in [6.45, 7) is 12.8. The predicted octanol–water partition coefficient (Wildman–Crippen LogP) is 5.27. The van der Waals surface area contributed by atoms with Crippen LogP contribution >= 0.6 is 15.9 Å². The molecule has 9 heteroatoms. The van der Waals surface area contributed by atoms with E-state index < -0.39 is 41.6 Å². The highest BCUT2D eigenvalue weighted by Crippen LogP contribution is 2.39. The Labute approximate surface area is 179 Å². The van der Waals surface area contributed by atoms with Gasteiger partial charge < -0.3 is 19.4 Å². The van der Waals surface area contributed by atoms with Gasteiger partial charge in [-0.3, -0.25) is 0 Å². The fourth-order valence-corrected chi connectivity index (χ4v) is 3.08. The molecule has 0 atom stereocenters. The van der Waals surface area contributed by atoms with Crippen molar-refractivity contribution in [2.24, 2.45) is 0 Å². The first-order valence-electron chi connectivity index (χ1n) is 9.29. The largest absolute Gasteiger partial charge is 0.492 e. The highest BCUT2D eigenvalue weighted by Gasteiger charge is 2.52. The third-order valence-corrected chi connectivity index (χ3v) is 5.42. The summed E-state index contributed by atoms with van der Waals surface area (Å²) in [7, 11) is -0.828. The van der Waals surface area contributed by atoms with Crippen LogP contribution in [0.2, 0.25) is 0 Å². The number of alkyl carbamates (subject to hydrolysis) is 1. The van der Waals surface area contributed by atoms with Crippen LogP contribution in [0.25, 0.3) is 6.08 Å². The quantitative estimate of drug-likeness (QED) is 0.605. The van der Waals surface area contributed by atoms with Gasteiger partial charge in [-0.05, 0) is 75.9 Å². The second kappa shape index (κ2) is 8.36. The number of carbonyl (C=O) groups excluding carboxylic acids is 1. The molecular weight excluding hydrogens is 447 g/mol. The molecule has 1 aromatic rings. The average Bonchev–Trinajstić information content (AvgIpc) is 2.71. The first-order chi connectivity index (χ1) is 13.1. The molecule has 0 radical (unpaired) electrons. The molecule has 5 nitrogen and oxygen atoms in total. The van der Waals surface area contributed by atoms with Gasteiger partial charge >= 0.3 is 13.2 Å². The second-order valence-corrected chi connectivity index (χ2v) is 9.80. The Balaban J connectivity index is 2.36. The number of benzene rings is 1. The minimum Gasteiger partial charge on any atom is -0.444 e. The lowest BCUT2D eigenvalue weighted by molar-refractivity contribution is 0.00578. The second-order valence-electron chi connectivity index (χ2n) is 8.95. The molecule has 0 aliphatic carbocycles. The summed E-state index contributed by atoms with van der Waals surface area (Å²) < 4.78 is 45.4. The van der Waals surface area contributed by atoms with Crippen molar-refractivity contribution in [2.75, 3.05) is 6.54 Å². The fourth-order valence-electron chi connectivity index (χ4n) is 2.56. The molecule has 160 valence electrons. The number of nitrogens with one attached hydrogen (secondary N) is 1. The Morgan fingerprint density at radius 2 is 1.76 bits per heavy atom. The molecule has 0 unspecified atom stereocenters. The van der Waals surface area contributed by atoms with Crippen LogP contribution in [0.3, 0.4) is 0 Å². The standard InChI is InChI=1S/C20H27BBrF2NO4/c1-18(2,3)27-17(26)25-11-12(21-28-19(4,5)20(6,7)29-21)8-14-15(22)9-13(23)10-16(14)24/h8-10H,11H2,1-7H3,(H,25,26). The van der Waals surface area contributed by atoms with Crippen molar-refractivity contribution in [3.8, 4) is 0 Å². The molecule has 1 N–H and O–H groups in total. The lowest BCUT2D eigenvalue weighted by Crippen LogP contribution is -2.41. The summed E-state index contributed by atoms with van der Waals surface area (Å²) in [6.07, 6.45) is 0.858. The maximum absolute atomic E-state index is 14.4. The molecule has 0 aromatic heterocycles. The molecule has 1 saturated heterocycles. The summed E-state index contributed by atoms with van der Waals surface area (Å²) in [5.74, 6) is -1.45. The Morgan fingerprint density at radius 3 is 2.24 bits per heavy atom. The lowest BCUT2D eigenvalue weighted by atomic mass is 9.77. The third kappa shape index (κ3) is 6.02. The smallest absolute Gasteiger partial charge is 0.444 e. The summed E-state index contributed by atoms with van der Waals surface area (Å²) in [5.41, 5.74) is -1.32. The number of halogens is 3. The number of ether oxygens (including phenoxy) is 1. The van der Waals surface area contributed by atoms with Crippen molar-refractivity contribution in [3.05, 3.63) is 39.3 Å². The monoisotopic (exact) mass is 473 g/mol. The molecule has 2 rings (SSSR count). The van der Waals surface area contributed by atoms with E-state index in [2.05, 4.69) is 21.2 Å². The van der Waals surface area contributed by atoms with Crippen LogP contribution in [-0.4, -0.2) is 36.6 Å². The van der Waals surface area contributed by atoms with Crippen molar-refractivity contribution < 1.29 is 27.6 Å². The van der Waals surface area contributed by atoms with E-state index >= 15 is 0 Å². The minimum atomic E-state index is -0.828. The van der Waals surface area contributed by atoms with Gasteiger partial charge in [0.15, 0.2) is 0 Å². The zero-order valence-corrected chi connectivity index (χ0v) is 19.4. The van der Waals surface area contributed by atoms with Crippen molar-refractivity contribution in [1.29, 1.82) is 0 Å². The molecule has 1 aliphatic rings. The van der Waals surface area contributed by atoms with E-state index in [0.717, 1.165) is 12.1 Å². The molecule has 1 amide bonds. The number of rotatable bonds is 4. The Hall–Kier alpha value is -1.45. The Bertz CT molecular complexity index is 782. The van der Waals surface area contributed by atoms with E-state index in [4.69, 9.17) is 14.0 Å². The number of amides is 1. The summed E-state index contributed by atoms with van der Waals surface area (Å²) >= 11 is 3.18. The van der Waals surface area contributed by atoms with Gasteiger partial charge in [0.2, 0.25) is 0 Å². The summed E-state index contributed by atoms with van der Waals surface area (Å²) in [4.78, 5) is 12.1. The Kier molecular flexibility index (Phi) is 6.87. The predicted molar refractivity (Wildman–Crippen MR) is 112 cm³/mol. The van der Waals surface area contributed by atoms with Gasteiger partial charge in [0.1, 0.15) is 17.2 Å². The van der Waals surface area contributed by atoms with Crippen molar-refractivity contribution >= 4 is 35.2 Å². The maximum Gasteiger partial charge on any atom is 0.492 e. The zero-order chi connectivity index (χ0) is 22.2. The van der Waals surface area contributed by atoms with Gasteiger partial charge in [-0.1, -0.05) is 6.08 Å². The summed E-state index contributed by atoms with van der Waals surface area (Å²) in [5, 5.41) is 2.64. The van der Waals surface area contributed by atoms with Crippen molar-refractivity contribution in [1.82, 2.24) is 5.32 Å². The third-order valence-electron chi connectivity index (χ3n) is 4.77. The van der Waals surface area contributed by atoms with Crippen molar-refractivity contribution in [3.63, 3.8) is 0 Å². The van der Waals surface area contributed by atoms with E-state index in [1.54, 1.807) is 20.8 Å². The number of hydrogen-bond donors (Lipinski definition) is 1. The van der Waals surface area contributed by atoms with Gasteiger partial charge in [0.05, 0.1) is 11.2 Å². The average molecular weight is 474 g/mol. The fraction of sp³-hybridized carbons (Fsp3) is 0.550. The van der Waals surface area contributed by atoms with Crippen LogP contribution in [0.15, 0.2) is 22.1 Å². The van der Waals surface area contributed by atoms with Gasteiger partial charge in [0.25, 0.3) is 0 Å². The molecule has 29 heavy (non-hydrogen) atoms. The van der Waals surface area contributed by atoms with Gasteiger partial charge in [-0.25, -0.2) is 13.6 Å². The zero-order valence-electron chi connectivity index (χ0n) is 17.8. The minimum absolute atomic E-state index is 0.00496. The Morgan fingerprint density at radius 1 is 1.21 bits per heavy atom. The highest BCUT2D eigenvalue weighted by atomic mass is 79.9.